The van der Waals surface area contributed by atoms with Gasteiger partial charge in [0.05, 0.1) is 43.2 Å². The highest BCUT2D eigenvalue weighted by Gasteiger charge is 2.48. The number of methoxy groups -OCH3 is 3. The number of carbonyl (C=O) groups excluding carboxylic acids is 2. The predicted molar refractivity (Wildman–Crippen MR) is 142 cm³/mol. The second kappa shape index (κ2) is 9.59. The highest BCUT2D eigenvalue weighted by Crippen LogP contribution is 2.46. The third kappa shape index (κ3) is 4.17. The van der Waals surface area contributed by atoms with Crippen molar-refractivity contribution in [2.24, 2.45) is 0 Å². The van der Waals surface area contributed by atoms with E-state index < -0.39 is 17.7 Å². The number of anilines is 1. The van der Waals surface area contributed by atoms with Gasteiger partial charge in [-0.3, -0.25) is 14.5 Å². The fourth-order valence-corrected chi connectivity index (χ4v) is 5.38. The molecular formula is C28H24N2O6S. The fraction of sp³-hybridized carbons (Fsp3) is 0.179. The third-order valence-corrected chi connectivity index (χ3v) is 7.30. The summed E-state index contributed by atoms with van der Waals surface area (Å²) in [5.74, 6) is -0.262. The quantitative estimate of drug-likeness (QED) is 0.212. The first kappa shape index (κ1) is 24.3. The zero-order valence-corrected chi connectivity index (χ0v) is 21.5. The molecule has 0 bridgehead atoms. The van der Waals surface area contributed by atoms with Gasteiger partial charge in [0.15, 0.2) is 16.6 Å². The number of hydrogen-bond donors (Lipinski definition) is 1. The fourth-order valence-electron chi connectivity index (χ4n) is 4.36. The van der Waals surface area contributed by atoms with Crippen molar-refractivity contribution in [3.63, 3.8) is 0 Å². The Bertz CT molecular complexity index is 1560. The molecule has 1 fully saturated rings. The number of hydrogen-bond acceptors (Lipinski definition) is 8. The number of amides is 1. The molecule has 2 heterocycles. The minimum Gasteiger partial charge on any atom is -0.507 e. The summed E-state index contributed by atoms with van der Waals surface area (Å²) in [5.41, 5.74) is 2.62. The lowest BCUT2D eigenvalue weighted by molar-refractivity contribution is -0.132. The Morgan fingerprint density at radius 1 is 0.919 bits per heavy atom. The maximum atomic E-state index is 13.5. The van der Waals surface area contributed by atoms with Gasteiger partial charge in [-0.15, -0.1) is 0 Å². The molecule has 1 aliphatic rings. The van der Waals surface area contributed by atoms with Crippen LogP contribution in [0.5, 0.6) is 17.2 Å². The Hall–Kier alpha value is -4.37. The number of nitrogens with zero attached hydrogens (tertiary/aromatic N) is 2. The lowest BCUT2D eigenvalue weighted by Gasteiger charge is -2.23. The van der Waals surface area contributed by atoms with Crippen LogP contribution in [0.1, 0.15) is 22.7 Å². The molecule has 0 unspecified atom stereocenters. The number of aliphatic hydroxyl groups excluding tert-OH is 1. The summed E-state index contributed by atoms with van der Waals surface area (Å²) in [6.07, 6.45) is 0. The Morgan fingerprint density at radius 3 is 2.32 bits per heavy atom. The molecule has 8 nitrogen and oxygen atoms in total. The topological polar surface area (TPSA) is 98.2 Å². The number of thiazole rings is 1. The number of ether oxygens (including phenoxy) is 3. The number of rotatable bonds is 6. The van der Waals surface area contributed by atoms with Gasteiger partial charge in [0, 0.05) is 5.56 Å². The summed E-state index contributed by atoms with van der Waals surface area (Å²) in [6.45, 7) is 1.93. The van der Waals surface area contributed by atoms with Crippen molar-refractivity contribution in [1.29, 1.82) is 0 Å². The molecule has 9 heteroatoms. The standard InChI is InChI=1S/C28H24N2O6S/c1-15-5-7-16(8-6-15)25(31)23-24(17-9-12-20(35-3)21(13-17)36-4)30(27(33)26(23)32)28-29-19-11-10-18(34-2)14-22(19)37-28/h5-14,24,31H,1-4H3/t24-/m1/s1. The second-order valence-corrected chi connectivity index (χ2v) is 9.49. The number of benzene rings is 3. The molecule has 1 aromatic heterocycles. The summed E-state index contributed by atoms with van der Waals surface area (Å²) in [6, 6.07) is 16.7. The highest BCUT2D eigenvalue weighted by molar-refractivity contribution is 7.22. The predicted octanol–water partition coefficient (Wildman–Crippen LogP) is 5.26. The number of ketones is 1. The number of aryl methyl sites for hydroxylation is 1. The van der Waals surface area contributed by atoms with Crippen LogP contribution in [0.3, 0.4) is 0 Å². The Balaban J connectivity index is 1.73. The maximum Gasteiger partial charge on any atom is 0.301 e. The van der Waals surface area contributed by atoms with Gasteiger partial charge in [0.1, 0.15) is 11.5 Å². The van der Waals surface area contributed by atoms with E-state index >= 15 is 0 Å². The summed E-state index contributed by atoms with van der Waals surface area (Å²) in [5, 5.41) is 11.6. The van der Waals surface area contributed by atoms with Crippen molar-refractivity contribution in [2.75, 3.05) is 26.2 Å². The van der Waals surface area contributed by atoms with Crippen LogP contribution < -0.4 is 19.1 Å². The van der Waals surface area contributed by atoms with Gasteiger partial charge in [-0.2, -0.15) is 0 Å². The molecule has 37 heavy (non-hydrogen) atoms. The molecule has 0 spiro atoms. The zero-order chi connectivity index (χ0) is 26.3. The first-order chi connectivity index (χ1) is 17.9. The molecule has 4 aromatic rings. The van der Waals surface area contributed by atoms with Crippen LogP contribution in [0.25, 0.3) is 16.0 Å². The molecule has 1 aliphatic heterocycles. The van der Waals surface area contributed by atoms with Crippen LogP contribution >= 0.6 is 11.3 Å². The first-order valence-electron chi connectivity index (χ1n) is 11.4. The number of aromatic nitrogens is 1. The summed E-state index contributed by atoms with van der Waals surface area (Å²) < 4.78 is 17.0. The Morgan fingerprint density at radius 2 is 1.65 bits per heavy atom. The second-order valence-electron chi connectivity index (χ2n) is 8.48. The zero-order valence-electron chi connectivity index (χ0n) is 20.6. The molecule has 1 atom stereocenters. The van der Waals surface area contributed by atoms with E-state index in [0.29, 0.717) is 39.0 Å². The van der Waals surface area contributed by atoms with Crippen LogP contribution in [-0.4, -0.2) is 43.1 Å². The van der Waals surface area contributed by atoms with E-state index in [9.17, 15) is 14.7 Å². The minimum absolute atomic E-state index is 0.0297. The molecule has 0 saturated carbocycles. The number of aliphatic hydroxyl groups is 1. The van der Waals surface area contributed by atoms with Gasteiger partial charge in [-0.1, -0.05) is 47.2 Å². The van der Waals surface area contributed by atoms with Crippen LogP contribution in [0.4, 0.5) is 5.13 Å². The Labute approximate surface area is 217 Å². The van der Waals surface area contributed by atoms with E-state index in [4.69, 9.17) is 14.2 Å². The smallest absolute Gasteiger partial charge is 0.301 e. The van der Waals surface area contributed by atoms with Crippen LogP contribution in [0.2, 0.25) is 0 Å². The van der Waals surface area contributed by atoms with Crippen molar-refractivity contribution < 1.29 is 28.9 Å². The van der Waals surface area contributed by atoms with Crippen molar-refractivity contribution in [3.8, 4) is 17.2 Å². The van der Waals surface area contributed by atoms with E-state index in [-0.39, 0.29) is 11.3 Å². The van der Waals surface area contributed by atoms with Crippen LogP contribution in [-0.2, 0) is 9.59 Å². The lowest BCUT2D eigenvalue weighted by Crippen LogP contribution is -2.29. The van der Waals surface area contributed by atoms with Gasteiger partial charge in [-0.25, -0.2) is 4.98 Å². The molecule has 5 rings (SSSR count). The molecule has 1 N–H and O–H groups in total. The average molecular weight is 517 g/mol. The van der Waals surface area contributed by atoms with Crippen molar-refractivity contribution in [2.45, 2.75) is 13.0 Å². The van der Waals surface area contributed by atoms with Crippen molar-refractivity contribution in [3.05, 3.63) is 82.9 Å². The normalized spacial score (nSPS) is 16.9. The summed E-state index contributed by atoms with van der Waals surface area (Å²) in [4.78, 5) is 32.9. The van der Waals surface area contributed by atoms with E-state index in [1.807, 2.05) is 25.1 Å². The van der Waals surface area contributed by atoms with E-state index in [1.165, 1.54) is 30.5 Å². The van der Waals surface area contributed by atoms with Gasteiger partial charge < -0.3 is 19.3 Å². The molecular weight excluding hydrogens is 492 g/mol. The SMILES string of the molecule is COc1ccc2nc(N3C(=O)C(=O)C(=C(O)c4ccc(C)cc4)[C@H]3c3ccc(OC)c(OC)c3)sc2c1. The Kier molecular flexibility index (Phi) is 6.31. The van der Waals surface area contributed by atoms with Crippen molar-refractivity contribution in [1.82, 2.24) is 4.98 Å². The monoisotopic (exact) mass is 516 g/mol. The van der Waals surface area contributed by atoms with Gasteiger partial charge >= 0.3 is 5.91 Å². The van der Waals surface area contributed by atoms with Gasteiger partial charge in [0.25, 0.3) is 5.78 Å². The van der Waals surface area contributed by atoms with E-state index in [2.05, 4.69) is 4.98 Å². The summed E-state index contributed by atoms with van der Waals surface area (Å²) in [7, 11) is 4.60. The number of Topliss-reactive ketones (excluding diaryl/α,β-unsaturated/α-hetero) is 1. The van der Waals surface area contributed by atoms with E-state index in [0.717, 1.165) is 10.3 Å². The molecule has 188 valence electrons. The molecule has 1 saturated heterocycles. The van der Waals surface area contributed by atoms with Gasteiger partial charge in [-0.05, 0) is 42.8 Å². The average Bonchev–Trinajstić information content (AvgIpc) is 3.45. The summed E-state index contributed by atoms with van der Waals surface area (Å²) >= 11 is 1.26. The molecule has 0 radical (unpaired) electrons. The number of carbonyl (C=O) groups is 2. The minimum atomic E-state index is -0.941. The lowest BCUT2D eigenvalue weighted by atomic mass is 9.95. The molecule has 1 amide bonds. The highest BCUT2D eigenvalue weighted by atomic mass is 32.1. The van der Waals surface area contributed by atoms with Crippen molar-refractivity contribution >= 4 is 44.1 Å². The van der Waals surface area contributed by atoms with Gasteiger partial charge in [0.2, 0.25) is 0 Å². The third-order valence-electron chi connectivity index (χ3n) is 6.28. The maximum absolute atomic E-state index is 13.5. The largest absolute Gasteiger partial charge is 0.507 e. The van der Waals surface area contributed by atoms with E-state index in [1.54, 1.807) is 49.6 Å². The first-order valence-corrected chi connectivity index (χ1v) is 12.2. The molecule has 0 aliphatic carbocycles. The number of fused-ring (bicyclic) bond motifs is 1. The van der Waals surface area contributed by atoms with Crippen LogP contribution in [0.15, 0.2) is 66.2 Å². The molecule has 3 aromatic carbocycles. The van der Waals surface area contributed by atoms with Crippen LogP contribution in [0, 0.1) is 6.92 Å².